The molecule has 0 radical (unpaired) electrons. The van der Waals surface area contributed by atoms with Crippen LogP contribution in [-0.4, -0.2) is 60.2 Å². The number of nitrogens with one attached hydrogen (secondary N) is 1. The summed E-state index contributed by atoms with van der Waals surface area (Å²) in [7, 11) is 0. The number of morpholine rings is 1. The number of aromatic amines is 1. The topological polar surface area (TPSA) is 61.5 Å². The minimum absolute atomic E-state index is 0.0279. The number of rotatable bonds is 3. The van der Waals surface area contributed by atoms with E-state index < -0.39 is 0 Å². The van der Waals surface area contributed by atoms with Gasteiger partial charge in [0.2, 0.25) is 5.91 Å². The molecule has 162 valence electrons. The molecule has 5 rings (SSSR count). The third-order valence-electron chi connectivity index (χ3n) is 6.30. The zero-order valence-corrected chi connectivity index (χ0v) is 18.5. The van der Waals surface area contributed by atoms with Crippen molar-refractivity contribution in [3.05, 3.63) is 47.0 Å². The second-order valence-corrected chi connectivity index (χ2v) is 8.90. The van der Waals surface area contributed by atoms with Gasteiger partial charge in [0.25, 0.3) is 0 Å². The summed E-state index contributed by atoms with van der Waals surface area (Å²) in [6.07, 6.45) is 1.94. The van der Waals surface area contributed by atoms with Gasteiger partial charge in [-0.1, -0.05) is 17.7 Å². The summed E-state index contributed by atoms with van der Waals surface area (Å²) < 4.78 is 5.40. The van der Waals surface area contributed by atoms with E-state index in [-0.39, 0.29) is 11.8 Å². The van der Waals surface area contributed by atoms with E-state index in [1.807, 2.05) is 23.1 Å². The molecule has 0 bridgehead atoms. The van der Waals surface area contributed by atoms with Crippen LogP contribution in [0, 0.1) is 12.8 Å². The molecule has 0 aliphatic carbocycles. The Hall–Kier alpha value is -2.57. The lowest BCUT2D eigenvalue weighted by molar-refractivity contribution is -0.139. The molecule has 3 aromatic rings. The number of hydrogen-bond acceptors (Lipinski definition) is 4. The fourth-order valence-electron chi connectivity index (χ4n) is 4.60. The quantitative estimate of drug-likeness (QED) is 0.663. The van der Waals surface area contributed by atoms with Crippen molar-refractivity contribution in [2.45, 2.75) is 19.8 Å². The number of carbonyl (C=O) groups excluding carboxylic acids is 1. The lowest BCUT2D eigenvalue weighted by Gasteiger charge is -2.37. The number of amides is 1. The number of imidazole rings is 1. The van der Waals surface area contributed by atoms with Gasteiger partial charge in [0, 0.05) is 37.4 Å². The Balaban J connectivity index is 1.39. The van der Waals surface area contributed by atoms with Crippen molar-refractivity contribution in [2.75, 3.05) is 44.3 Å². The fraction of sp³-hybridized carbons (Fsp3) is 0.417. The van der Waals surface area contributed by atoms with Crippen LogP contribution in [0.5, 0.6) is 0 Å². The molecule has 2 aromatic carbocycles. The number of aromatic nitrogens is 2. The summed E-state index contributed by atoms with van der Waals surface area (Å²) in [6, 6.07) is 12.2. The zero-order chi connectivity index (χ0) is 21.4. The molecule has 2 fully saturated rings. The second-order valence-electron chi connectivity index (χ2n) is 8.49. The highest BCUT2D eigenvalue weighted by molar-refractivity contribution is 6.33. The first kappa shape index (κ1) is 20.3. The third kappa shape index (κ3) is 4.14. The molecule has 0 spiro atoms. The average molecular weight is 439 g/mol. The Morgan fingerprint density at radius 3 is 2.84 bits per heavy atom. The molecule has 2 aliphatic rings. The number of H-pyrrole nitrogens is 1. The van der Waals surface area contributed by atoms with Crippen LogP contribution >= 0.6 is 11.6 Å². The van der Waals surface area contributed by atoms with E-state index in [4.69, 9.17) is 21.3 Å². The number of benzene rings is 2. The lowest BCUT2D eigenvalue weighted by Crippen LogP contribution is -2.48. The smallest absolute Gasteiger partial charge is 0.227 e. The summed E-state index contributed by atoms with van der Waals surface area (Å²) >= 11 is 6.56. The van der Waals surface area contributed by atoms with Gasteiger partial charge in [0.05, 0.1) is 35.2 Å². The van der Waals surface area contributed by atoms with E-state index in [2.05, 4.69) is 35.0 Å². The zero-order valence-electron chi connectivity index (χ0n) is 17.7. The Morgan fingerprint density at radius 1 is 1.16 bits per heavy atom. The van der Waals surface area contributed by atoms with E-state index in [1.54, 1.807) is 0 Å². The Labute approximate surface area is 187 Å². The van der Waals surface area contributed by atoms with Crippen LogP contribution in [0.1, 0.15) is 18.4 Å². The van der Waals surface area contributed by atoms with Crippen molar-refractivity contribution in [1.29, 1.82) is 0 Å². The molecule has 0 unspecified atom stereocenters. The van der Waals surface area contributed by atoms with E-state index in [0.717, 1.165) is 54.0 Å². The number of anilines is 1. The Morgan fingerprint density at radius 2 is 2.00 bits per heavy atom. The number of carbonyl (C=O) groups is 1. The standard InChI is InChI=1S/C24H27ClN4O2/c1-16-4-7-21-22(13-16)27-23(26-21)19-14-18(5-6-20(19)25)29-8-2-3-17(15-29)24(30)28-9-11-31-12-10-28/h4-7,13-14,17H,2-3,8-12,15H2,1H3,(H,26,27)/t17-/m1/s1. The van der Waals surface area contributed by atoms with Crippen molar-refractivity contribution in [1.82, 2.24) is 14.9 Å². The van der Waals surface area contributed by atoms with E-state index in [9.17, 15) is 4.79 Å². The summed E-state index contributed by atoms with van der Waals surface area (Å²) in [6.45, 7) is 6.42. The molecule has 2 saturated heterocycles. The molecule has 1 aromatic heterocycles. The van der Waals surface area contributed by atoms with Crippen molar-refractivity contribution in [3.8, 4) is 11.4 Å². The largest absolute Gasteiger partial charge is 0.378 e. The summed E-state index contributed by atoms with van der Waals surface area (Å²) in [4.78, 5) is 25.4. The number of fused-ring (bicyclic) bond motifs is 1. The molecule has 3 heterocycles. The highest BCUT2D eigenvalue weighted by Gasteiger charge is 2.30. The van der Waals surface area contributed by atoms with Crippen LogP contribution < -0.4 is 4.90 Å². The van der Waals surface area contributed by atoms with E-state index >= 15 is 0 Å². The first-order valence-electron chi connectivity index (χ1n) is 11.0. The summed E-state index contributed by atoms with van der Waals surface area (Å²) in [5.41, 5.74) is 5.08. The van der Waals surface area contributed by atoms with Gasteiger partial charge < -0.3 is 19.5 Å². The van der Waals surface area contributed by atoms with Gasteiger partial charge in [0.1, 0.15) is 5.82 Å². The summed E-state index contributed by atoms with van der Waals surface area (Å²) in [5.74, 6) is 1.06. The van der Waals surface area contributed by atoms with E-state index in [0.29, 0.717) is 31.3 Å². The molecule has 0 saturated carbocycles. The summed E-state index contributed by atoms with van der Waals surface area (Å²) in [5, 5.41) is 0.664. The number of aryl methyl sites for hydroxylation is 1. The minimum Gasteiger partial charge on any atom is -0.378 e. The maximum atomic E-state index is 13.0. The molecule has 7 heteroatoms. The van der Waals surface area contributed by atoms with Crippen LogP contribution in [0.3, 0.4) is 0 Å². The lowest BCUT2D eigenvalue weighted by atomic mass is 9.95. The van der Waals surface area contributed by atoms with Gasteiger partial charge in [-0.05, 0) is 55.7 Å². The maximum Gasteiger partial charge on any atom is 0.227 e. The van der Waals surface area contributed by atoms with Crippen molar-refractivity contribution >= 4 is 34.2 Å². The van der Waals surface area contributed by atoms with Crippen LogP contribution in [-0.2, 0) is 9.53 Å². The van der Waals surface area contributed by atoms with Crippen LogP contribution in [0.2, 0.25) is 5.02 Å². The number of piperidine rings is 1. The first-order chi connectivity index (χ1) is 15.1. The number of halogens is 1. The molecule has 1 amide bonds. The maximum absolute atomic E-state index is 13.0. The van der Waals surface area contributed by atoms with Crippen molar-refractivity contribution < 1.29 is 9.53 Å². The van der Waals surface area contributed by atoms with Crippen LogP contribution in [0.4, 0.5) is 5.69 Å². The predicted molar refractivity (Wildman–Crippen MR) is 124 cm³/mol. The number of hydrogen-bond donors (Lipinski definition) is 1. The number of ether oxygens (including phenoxy) is 1. The molecular weight excluding hydrogens is 412 g/mol. The van der Waals surface area contributed by atoms with Gasteiger partial charge in [-0.15, -0.1) is 0 Å². The van der Waals surface area contributed by atoms with Gasteiger partial charge in [-0.2, -0.15) is 0 Å². The van der Waals surface area contributed by atoms with Crippen molar-refractivity contribution in [3.63, 3.8) is 0 Å². The highest BCUT2D eigenvalue weighted by Crippen LogP contribution is 2.33. The predicted octanol–water partition coefficient (Wildman–Crippen LogP) is 4.27. The van der Waals surface area contributed by atoms with Gasteiger partial charge in [-0.3, -0.25) is 4.79 Å². The van der Waals surface area contributed by atoms with Gasteiger partial charge >= 0.3 is 0 Å². The third-order valence-corrected chi connectivity index (χ3v) is 6.63. The number of nitrogens with zero attached hydrogens (tertiary/aromatic N) is 3. The molecule has 31 heavy (non-hydrogen) atoms. The SMILES string of the molecule is Cc1ccc2nc(-c3cc(N4CCC[C@@H](C(=O)N5CCOCC5)C4)ccc3Cl)[nH]c2c1. The molecule has 1 N–H and O–H groups in total. The average Bonchev–Trinajstić information content (AvgIpc) is 3.22. The molecule has 2 aliphatic heterocycles. The fourth-order valence-corrected chi connectivity index (χ4v) is 4.80. The van der Waals surface area contributed by atoms with Crippen LogP contribution in [0.15, 0.2) is 36.4 Å². The van der Waals surface area contributed by atoms with Crippen LogP contribution in [0.25, 0.3) is 22.4 Å². The molecular formula is C24H27ClN4O2. The Kier molecular flexibility index (Phi) is 5.59. The normalized spacial score (nSPS) is 19.7. The molecule has 1 atom stereocenters. The monoisotopic (exact) mass is 438 g/mol. The van der Waals surface area contributed by atoms with Gasteiger partial charge in [-0.25, -0.2) is 4.98 Å². The van der Waals surface area contributed by atoms with E-state index in [1.165, 1.54) is 5.56 Å². The van der Waals surface area contributed by atoms with Crippen molar-refractivity contribution in [2.24, 2.45) is 5.92 Å². The Bertz CT molecular complexity index is 1110. The minimum atomic E-state index is 0.0279. The van der Waals surface area contributed by atoms with Gasteiger partial charge in [0.15, 0.2) is 0 Å². The first-order valence-corrected chi connectivity index (χ1v) is 11.3. The molecule has 6 nitrogen and oxygen atoms in total. The highest BCUT2D eigenvalue weighted by atomic mass is 35.5. The second kappa shape index (κ2) is 8.52.